The van der Waals surface area contributed by atoms with Crippen molar-refractivity contribution < 1.29 is 13.2 Å². The van der Waals surface area contributed by atoms with Crippen LogP contribution in [0, 0.1) is 18.8 Å². The first-order valence-corrected chi connectivity index (χ1v) is 13.9. The fourth-order valence-electron chi connectivity index (χ4n) is 4.11. The minimum Gasteiger partial charge on any atom is -0.337 e. The van der Waals surface area contributed by atoms with Crippen molar-refractivity contribution >= 4 is 15.7 Å². The fraction of sp³-hybridized carbons (Fsp3) is 0.429. The molecule has 35 heavy (non-hydrogen) atoms. The van der Waals surface area contributed by atoms with Gasteiger partial charge in [0.2, 0.25) is 20.9 Å². The molecule has 0 aliphatic rings. The first-order chi connectivity index (χ1) is 16.6. The first kappa shape index (κ1) is 26.7. The number of hydrogen-bond acceptors (Lipinski definition) is 4. The number of aryl methyl sites for hydroxylation is 1. The van der Waals surface area contributed by atoms with Crippen LogP contribution in [0.15, 0.2) is 66.0 Å². The predicted octanol–water partition coefficient (Wildman–Crippen LogP) is 5.24. The Hall–Kier alpha value is -2.93. The third kappa shape index (κ3) is 7.28. The highest BCUT2D eigenvalue weighted by atomic mass is 32.2. The zero-order chi connectivity index (χ0) is 25.6. The molecule has 0 spiro atoms. The Morgan fingerprint density at radius 1 is 0.971 bits per heavy atom. The van der Waals surface area contributed by atoms with Crippen molar-refractivity contribution in [2.75, 3.05) is 6.54 Å². The van der Waals surface area contributed by atoms with Crippen LogP contribution in [-0.4, -0.2) is 35.3 Å². The molecular formula is C28H37N3O3S. The van der Waals surface area contributed by atoms with Gasteiger partial charge in [0.15, 0.2) is 0 Å². The van der Waals surface area contributed by atoms with E-state index in [-0.39, 0.29) is 22.7 Å². The highest BCUT2D eigenvalue weighted by Gasteiger charge is 2.26. The van der Waals surface area contributed by atoms with Gasteiger partial charge in [0.1, 0.15) is 0 Å². The molecule has 0 saturated carbocycles. The van der Waals surface area contributed by atoms with Crippen LogP contribution < -0.4 is 0 Å². The number of carbonyl (C=O) groups excluding carboxylic acids is 1. The van der Waals surface area contributed by atoms with Crippen molar-refractivity contribution in [3.63, 3.8) is 0 Å². The molecule has 0 N–H and O–H groups in total. The van der Waals surface area contributed by atoms with Gasteiger partial charge in [0.05, 0.1) is 30.7 Å². The van der Waals surface area contributed by atoms with E-state index in [2.05, 4.69) is 18.8 Å². The molecule has 1 heterocycles. The lowest BCUT2D eigenvalue weighted by atomic mass is 10.1. The molecule has 0 radical (unpaired) electrons. The summed E-state index contributed by atoms with van der Waals surface area (Å²) < 4.78 is 28.9. The van der Waals surface area contributed by atoms with Crippen LogP contribution in [-0.2, 0) is 33.5 Å². The first-order valence-electron chi connectivity index (χ1n) is 12.2. The summed E-state index contributed by atoms with van der Waals surface area (Å²) in [5, 5.41) is 0.0420. The fourth-order valence-corrected chi connectivity index (χ4v) is 5.71. The Balaban J connectivity index is 2.01. The normalized spacial score (nSPS) is 11.9. The van der Waals surface area contributed by atoms with Crippen LogP contribution in [0.5, 0.6) is 0 Å². The van der Waals surface area contributed by atoms with Crippen LogP contribution in [0.4, 0.5) is 0 Å². The van der Waals surface area contributed by atoms with Crippen LogP contribution in [0.3, 0.4) is 0 Å². The largest absolute Gasteiger partial charge is 0.337 e. The van der Waals surface area contributed by atoms with Gasteiger partial charge in [-0.25, -0.2) is 13.4 Å². The molecule has 1 aromatic heterocycles. The number of carbonyl (C=O) groups is 1. The molecule has 0 bridgehead atoms. The van der Waals surface area contributed by atoms with Crippen LogP contribution in [0.1, 0.15) is 56.5 Å². The summed E-state index contributed by atoms with van der Waals surface area (Å²) >= 11 is 0. The zero-order valence-electron chi connectivity index (χ0n) is 21.4. The van der Waals surface area contributed by atoms with Crippen molar-refractivity contribution in [3.8, 4) is 0 Å². The summed E-state index contributed by atoms with van der Waals surface area (Å²) in [6.45, 7) is 11.4. The molecule has 7 heteroatoms. The van der Waals surface area contributed by atoms with E-state index < -0.39 is 9.84 Å². The van der Waals surface area contributed by atoms with E-state index in [4.69, 9.17) is 0 Å². The maximum atomic E-state index is 13.6. The number of sulfone groups is 1. The molecule has 1 amide bonds. The van der Waals surface area contributed by atoms with Gasteiger partial charge in [-0.15, -0.1) is 0 Å². The third-order valence-corrected chi connectivity index (χ3v) is 7.42. The van der Waals surface area contributed by atoms with Crippen LogP contribution in [0.25, 0.3) is 0 Å². The molecular weight excluding hydrogens is 458 g/mol. The molecule has 0 aliphatic carbocycles. The van der Waals surface area contributed by atoms with Gasteiger partial charge in [-0.2, -0.15) is 0 Å². The van der Waals surface area contributed by atoms with Gasteiger partial charge in [-0.3, -0.25) is 4.79 Å². The Labute approximate surface area is 209 Å². The zero-order valence-corrected chi connectivity index (χ0v) is 22.3. The molecule has 0 atom stereocenters. The number of amides is 1. The number of nitrogens with zero attached hydrogens (tertiary/aromatic N) is 3. The second-order valence-electron chi connectivity index (χ2n) is 10.1. The second kappa shape index (κ2) is 11.7. The lowest BCUT2D eigenvalue weighted by Crippen LogP contribution is -2.35. The molecule has 2 aromatic carbocycles. The van der Waals surface area contributed by atoms with Crippen molar-refractivity contribution in [2.45, 2.75) is 65.0 Å². The standard InChI is InChI=1S/C28H37N3O3S/c1-21(2)15-27(32)30(17-22(3)4)19-26-16-29-28(31(26)18-24-12-7-6-8-13-24)35(33,34)20-25-14-10-9-11-23(25)5/h6-14,16,21-22H,15,17-20H2,1-5H3. The smallest absolute Gasteiger partial charge is 0.228 e. The highest BCUT2D eigenvalue weighted by molar-refractivity contribution is 7.90. The van der Waals surface area contributed by atoms with Crippen LogP contribution in [0.2, 0.25) is 0 Å². The number of benzene rings is 2. The van der Waals surface area contributed by atoms with E-state index in [1.54, 1.807) is 10.8 Å². The maximum Gasteiger partial charge on any atom is 0.228 e. The van der Waals surface area contributed by atoms with Gasteiger partial charge >= 0.3 is 0 Å². The Bertz CT molecular complexity index is 1230. The average Bonchev–Trinajstić information content (AvgIpc) is 3.18. The SMILES string of the molecule is Cc1ccccc1CS(=O)(=O)c1ncc(CN(CC(C)C)C(=O)CC(C)C)n1Cc1ccccc1. The molecule has 188 valence electrons. The number of imidazole rings is 1. The van der Waals surface area contributed by atoms with Gasteiger partial charge in [-0.05, 0) is 35.4 Å². The van der Waals surface area contributed by atoms with E-state index in [1.165, 1.54) is 0 Å². The third-order valence-electron chi connectivity index (χ3n) is 5.84. The van der Waals surface area contributed by atoms with Crippen molar-refractivity contribution in [1.82, 2.24) is 14.5 Å². The van der Waals surface area contributed by atoms with Crippen molar-refractivity contribution in [2.24, 2.45) is 11.8 Å². The van der Waals surface area contributed by atoms with E-state index in [1.807, 2.05) is 80.3 Å². The minimum absolute atomic E-state index is 0.0420. The minimum atomic E-state index is -3.72. The molecule has 3 rings (SSSR count). The topological polar surface area (TPSA) is 72.3 Å². The van der Waals surface area contributed by atoms with Crippen molar-refractivity contribution in [1.29, 1.82) is 0 Å². The highest BCUT2D eigenvalue weighted by Crippen LogP contribution is 2.22. The Kier molecular flexibility index (Phi) is 8.89. The summed E-state index contributed by atoms with van der Waals surface area (Å²) in [5.41, 5.74) is 3.38. The Morgan fingerprint density at radius 2 is 1.63 bits per heavy atom. The average molecular weight is 496 g/mol. The lowest BCUT2D eigenvalue weighted by Gasteiger charge is -2.26. The van der Waals surface area contributed by atoms with Gasteiger partial charge in [-0.1, -0.05) is 82.3 Å². The Morgan fingerprint density at radius 3 is 2.26 bits per heavy atom. The van der Waals surface area contributed by atoms with E-state index in [0.717, 1.165) is 22.4 Å². The quantitative estimate of drug-likeness (QED) is 0.364. The molecule has 0 aliphatic heterocycles. The summed E-state index contributed by atoms with van der Waals surface area (Å²) in [4.78, 5) is 19.3. The second-order valence-corrected chi connectivity index (χ2v) is 11.9. The summed E-state index contributed by atoms with van der Waals surface area (Å²) in [7, 11) is -3.72. The number of aromatic nitrogens is 2. The van der Waals surface area contributed by atoms with Gasteiger partial charge in [0, 0.05) is 13.0 Å². The molecule has 0 saturated heterocycles. The van der Waals surface area contributed by atoms with E-state index >= 15 is 0 Å². The molecule has 6 nitrogen and oxygen atoms in total. The summed E-state index contributed by atoms with van der Waals surface area (Å²) in [5.74, 6) is 0.496. The molecule has 0 fully saturated rings. The number of rotatable bonds is 11. The monoisotopic (exact) mass is 495 g/mol. The molecule has 3 aromatic rings. The van der Waals surface area contributed by atoms with Gasteiger partial charge in [0.25, 0.3) is 0 Å². The lowest BCUT2D eigenvalue weighted by molar-refractivity contribution is -0.133. The van der Waals surface area contributed by atoms with E-state index in [9.17, 15) is 13.2 Å². The van der Waals surface area contributed by atoms with Crippen LogP contribution >= 0.6 is 0 Å². The van der Waals surface area contributed by atoms with Gasteiger partial charge < -0.3 is 9.47 Å². The van der Waals surface area contributed by atoms with Crippen molar-refractivity contribution in [3.05, 3.63) is 83.2 Å². The maximum absolute atomic E-state index is 13.6. The summed E-state index contributed by atoms with van der Waals surface area (Å²) in [6, 6.07) is 17.2. The van der Waals surface area contributed by atoms with E-state index in [0.29, 0.717) is 32.0 Å². The molecule has 0 unspecified atom stereocenters. The predicted molar refractivity (Wildman–Crippen MR) is 140 cm³/mol. The summed E-state index contributed by atoms with van der Waals surface area (Å²) in [6.07, 6.45) is 2.07. The number of hydrogen-bond donors (Lipinski definition) is 0.